The van der Waals surface area contributed by atoms with Crippen molar-refractivity contribution in [2.24, 2.45) is 18.2 Å². The summed E-state index contributed by atoms with van der Waals surface area (Å²) in [6.45, 7) is 7.51. The first-order valence-corrected chi connectivity index (χ1v) is 6.34. The maximum atomic E-state index is 12.0. The Hall–Kier alpha value is -1.36. The Morgan fingerprint density at radius 1 is 1.56 bits per heavy atom. The minimum absolute atomic E-state index is 0.0542. The number of aromatic nitrogens is 2. The molecule has 0 aromatic carbocycles. The van der Waals surface area contributed by atoms with Crippen LogP contribution in [0.5, 0.6) is 0 Å². The van der Waals surface area contributed by atoms with Crippen molar-refractivity contribution in [3.05, 3.63) is 17.5 Å². The summed E-state index contributed by atoms with van der Waals surface area (Å²) >= 11 is 0. The molecule has 0 saturated carbocycles. The molecule has 0 radical (unpaired) electrons. The highest BCUT2D eigenvalue weighted by atomic mass is 16.1. The summed E-state index contributed by atoms with van der Waals surface area (Å²) in [7, 11) is 1.83. The van der Waals surface area contributed by atoms with Crippen molar-refractivity contribution < 1.29 is 4.79 Å². The minimum atomic E-state index is -0.0542. The normalized spacial score (nSPS) is 11.6. The van der Waals surface area contributed by atoms with E-state index in [1.54, 1.807) is 10.9 Å². The van der Waals surface area contributed by atoms with Gasteiger partial charge >= 0.3 is 0 Å². The van der Waals surface area contributed by atoms with E-state index >= 15 is 0 Å². The molecular weight excluding hydrogens is 228 g/mol. The van der Waals surface area contributed by atoms with E-state index in [4.69, 9.17) is 5.73 Å². The molecule has 0 spiro atoms. The first-order chi connectivity index (χ1) is 8.37. The number of nitrogens with one attached hydrogen (secondary N) is 1. The van der Waals surface area contributed by atoms with E-state index in [9.17, 15) is 4.79 Å². The Bertz CT molecular complexity index is 409. The summed E-state index contributed by atoms with van der Waals surface area (Å²) in [4.78, 5) is 12.0. The highest BCUT2D eigenvalue weighted by Gasteiger charge is 2.20. The summed E-state index contributed by atoms with van der Waals surface area (Å²) in [5, 5.41) is 7.04. The molecule has 3 N–H and O–H groups in total. The van der Waals surface area contributed by atoms with E-state index in [-0.39, 0.29) is 11.3 Å². The lowest BCUT2D eigenvalue weighted by Crippen LogP contribution is -2.34. The molecule has 1 amide bonds. The number of aryl methyl sites for hydroxylation is 1. The van der Waals surface area contributed by atoms with Crippen LogP contribution in [-0.2, 0) is 7.05 Å². The summed E-state index contributed by atoms with van der Waals surface area (Å²) in [5.74, 6) is -0.0542. The lowest BCUT2D eigenvalue weighted by atomic mass is 9.87. The predicted octanol–water partition coefficient (Wildman–Crippen LogP) is 1.22. The number of hydrogen-bond acceptors (Lipinski definition) is 3. The summed E-state index contributed by atoms with van der Waals surface area (Å²) < 4.78 is 1.70. The summed E-state index contributed by atoms with van der Waals surface area (Å²) in [6, 6.07) is 0. The number of nitrogens with two attached hydrogens (primary N) is 1. The van der Waals surface area contributed by atoms with Crippen LogP contribution in [0.4, 0.5) is 0 Å². The molecule has 1 heterocycles. The molecule has 1 rings (SSSR count). The zero-order chi connectivity index (χ0) is 13.8. The molecule has 5 heteroatoms. The Balaban J connectivity index is 2.53. The van der Waals surface area contributed by atoms with E-state index in [1.807, 2.05) is 14.0 Å². The molecule has 0 aliphatic rings. The highest BCUT2D eigenvalue weighted by molar-refractivity contribution is 5.95. The quantitative estimate of drug-likeness (QED) is 0.799. The van der Waals surface area contributed by atoms with E-state index in [1.165, 1.54) is 0 Å². The van der Waals surface area contributed by atoms with Gasteiger partial charge in [-0.1, -0.05) is 13.8 Å². The van der Waals surface area contributed by atoms with Crippen molar-refractivity contribution in [1.29, 1.82) is 0 Å². The van der Waals surface area contributed by atoms with Crippen molar-refractivity contribution in [2.75, 3.05) is 13.1 Å². The molecule has 0 fully saturated rings. The Labute approximate surface area is 109 Å². The van der Waals surface area contributed by atoms with Gasteiger partial charge in [0.25, 0.3) is 5.91 Å². The zero-order valence-electron chi connectivity index (χ0n) is 11.8. The molecule has 1 aromatic rings. The lowest BCUT2D eigenvalue weighted by molar-refractivity contribution is 0.0933. The van der Waals surface area contributed by atoms with Gasteiger partial charge in [-0.2, -0.15) is 5.10 Å². The Morgan fingerprint density at radius 2 is 2.22 bits per heavy atom. The SMILES string of the molecule is Cc1c(C(=O)NCC(C)(C)CCCN)cnn1C. The van der Waals surface area contributed by atoms with Crippen molar-refractivity contribution >= 4 is 5.91 Å². The molecular formula is C13H24N4O. The lowest BCUT2D eigenvalue weighted by Gasteiger charge is -2.24. The van der Waals surface area contributed by atoms with E-state index < -0.39 is 0 Å². The number of amides is 1. The van der Waals surface area contributed by atoms with Gasteiger partial charge < -0.3 is 11.1 Å². The third-order valence-corrected chi connectivity index (χ3v) is 3.27. The van der Waals surface area contributed by atoms with Gasteiger partial charge in [-0.15, -0.1) is 0 Å². The van der Waals surface area contributed by atoms with Crippen LogP contribution < -0.4 is 11.1 Å². The molecule has 0 aliphatic heterocycles. The van der Waals surface area contributed by atoms with Gasteiger partial charge in [0.1, 0.15) is 0 Å². The van der Waals surface area contributed by atoms with Gasteiger partial charge in [-0.05, 0) is 31.7 Å². The van der Waals surface area contributed by atoms with Crippen LogP contribution in [0.3, 0.4) is 0 Å². The van der Waals surface area contributed by atoms with Crippen molar-refractivity contribution in [2.45, 2.75) is 33.6 Å². The number of carbonyl (C=O) groups is 1. The van der Waals surface area contributed by atoms with Crippen LogP contribution >= 0.6 is 0 Å². The Morgan fingerprint density at radius 3 is 2.72 bits per heavy atom. The summed E-state index contributed by atoms with van der Waals surface area (Å²) in [6.07, 6.45) is 3.60. The van der Waals surface area contributed by atoms with Crippen molar-refractivity contribution in [3.63, 3.8) is 0 Å². The molecule has 5 nitrogen and oxygen atoms in total. The summed E-state index contributed by atoms with van der Waals surface area (Å²) in [5.41, 5.74) is 7.11. The second-order valence-electron chi connectivity index (χ2n) is 5.51. The van der Waals surface area contributed by atoms with Gasteiger partial charge in [0, 0.05) is 19.3 Å². The molecule has 1 aromatic heterocycles. The molecule has 0 unspecified atom stereocenters. The van der Waals surface area contributed by atoms with Crippen LogP contribution in [0.15, 0.2) is 6.20 Å². The molecule has 0 saturated heterocycles. The molecule has 102 valence electrons. The number of carbonyl (C=O) groups excluding carboxylic acids is 1. The largest absolute Gasteiger partial charge is 0.351 e. The number of hydrogen-bond donors (Lipinski definition) is 2. The number of nitrogens with zero attached hydrogens (tertiary/aromatic N) is 2. The smallest absolute Gasteiger partial charge is 0.254 e. The maximum Gasteiger partial charge on any atom is 0.254 e. The van der Waals surface area contributed by atoms with Crippen molar-refractivity contribution in [3.8, 4) is 0 Å². The van der Waals surface area contributed by atoms with Crippen molar-refractivity contribution in [1.82, 2.24) is 15.1 Å². The second-order valence-corrected chi connectivity index (χ2v) is 5.51. The third-order valence-electron chi connectivity index (χ3n) is 3.27. The first-order valence-electron chi connectivity index (χ1n) is 6.34. The van der Waals surface area contributed by atoms with Gasteiger partial charge in [0.15, 0.2) is 0 Å². The van der Waals surface area contributed by atoms with Gasteiger partial charge in [0.05, 0.1) is 11.8 Å². The van der Waals surface area contributed by atoms with Crippen LogP contribution in [0.25, 0.3) is 0 Å². The van der Waals surface area contributed by atoms with Crippen LogP contribution in [-0.4, -0.2) is 28.8 Å². The maximum absolute atomic E-state index is 12.0. The molecule has 0 aliphatic carbocycles. The fourth-order valence-electron chi connectivity index (χ4n) is 1.81. The van der Waals surface area contributed by atoms with E-state index in [0.29, 0.717) is 18.7 Å². The molecule has 18 heavy (non-hydrogen) atoms. The standard InChI is InChI=1S/C13H24N4O/c1-10-11(8-16-17(10)4)12(18)15-9-13(2,3)6-5-7-14/h8H,5-7,9,14H2,1-4H3,(H,15,18). The monoisotopic (exact) mass is 252 g/mol. The first kappa shape index (κ1) is 14.7. The number of rotatable bonds is 6. The predicted molar refractivity (Wildman–Crippen MR) is 72.3 cm³/mol. The van der Waals surface area contributed by atoms with Crippen LogP contribution in [0.1, 0.15) is 42.7 Å². The fraction of sp³-hybridized carbons (Fsp3) is 0.692. The topological polar surface area (TPSA) is 72.9 Å². The van der Waals surface area contributed by atoms with Crippen LogP contribution in [0, 0.1) is 12.3 Å². The third kappa shape index (κ3) is 3.84. The Kier molecular flexibility index (Phi) is 4.90. The average Bonchev–Trinajstić information content (AvgIpc) is 2.65. The highest BCUT2D eigenvalue weighted by Crippen LogP contribution is 2.20. The minimum Gasteiger partial charge on any atom is -0.351 e. The average molecular weight is 252 g/mol. The van der Waals surface area contributed by atoms with Gasteiger partial charge in [-0.25, -0.2) is 0 Å². The van der Waals surface area contributed by atoms with E-state index in [0.717, 1.165) is 18.5 Å². The van der Waals surface area contributed by atoms with E-state index in [2.05, 4.69) is 24.3 Å². The molecule has 0 bridgehead atoms. The molecule has 0 atom stereocenters. The van der Waals surface area contributed by atoms with Gasteiger partial charge in [0.2, 0.25) is 0 Å². The zero-order valence-corrected chi connectivity index (χ0v) is 11.8. The fourth-order valence-corrected chi connectivity index (χ4v) is 1.81. The van der Waals surface area contributed by atoms with Crippen LogP contribution in [0.2, 0.25) is 0 Å². The van der Waals surface area contributed by atoms with Gasteiger partial charge in [-0.3, -0.25) is 9.48 Å². The second kappa shape index (κ2) is 6.00.